The van der Waals surface area contributed by atoms with Gasteiger partial charge in [0.1, 0.15) is 0 Å². The van der Waals surface area contributed by atoms with E-state index in [4.69, 9.17) is 11.6 Å². The lowest BCUT2D eigenvalue weighted by Crippen LogP contribution is -2.35. The van der Waals surface area contributed by atoms with E-state index in [-0.39, 0.29) is 5.54 Å². The second kappa shape index (κ2) is 4.75. The molecule has 0 unspecified atom stereocenters. The molecule has 1 aromatic heterocycles. The zero-order valence-electron chi connectivity index (χ0n) is 11.2. The minimum absolute atomic E-state index is 0.145. The minimum atomic E-state index is -0.145. The van der Waals surface area contributed by atoms with Crippen LogP contribution in [0.2, 0.25) is 5.02 Å². The molecule has 0 fully saturated rings. The van der Waals surface area contributed by atoms with Gasteiger partial charge >= 0.3 is 0 Å². The highest BCUT2D eigenvalue weighted by atomic mass is 35.5. The first-order chi connectivity index (χ1) is 8.45. The van der Waals surface area contributed by atoms with Crippen LogP contribution in [0.1, 0.15) is 25.1 Å². The van der Waals surface area contributed by atoms with Crippen LogP contribution in [-0.2, 0) is 5.54 Å². The first-order valence-corrected chi connectivity index (χ1v) is 6.32. The van der Waals surface area contributed by atoms with E-state index in [1.165, 1.54) is 0 Å². The molecule has 0 spiro atoms. The van der Waals surface area contributed by atoms with Crippen LogP contribution in [-0.4, -0.2) is 16.6 Å². The van der Waals surface area contributed by atoms with Gasteiger partial charge in [-0.3, -0.25) is 0 Å². The summed E-state index contributed by atoms with van der Waals surface area (Å²) in [5.41, 5.74) is 3.06. The monoisotopic (exact) mass is 263 g/mol. The van der Waals surface area contributed by atoms with Crippen molar-refractivity contribution < 1.29 is 0 Å². The summed E-state index contributed by atoms with van der Waals surface area (Å²) in [5, 5.41) is 4.06. The SMILES string of the molecule is CNC(C)(C)c1cncn1-c1ccc(C)c(Cl)c1. The van der Waals surface area contributed by atoms with Gasteiger partial charge in [0.05, 0.1) is 23.8 Å². The molecule has 1 N–H and O–H groups in total. The van der Waals surface area contributed by atoms with E-state index in [1.807, 2.05) is 38.6 Å². The van der Waals surface area contributed by atoms with Crippen LogP contribution in [0.15, 0.2) is 30.7 Å². The van der Waals surface area contributed by atoms with Crippen LogP contribution in [0.3, 0.4) is 0 Å². The number of aromatic nitrogens is 2. The smallest absolute Gasteiger partial charge is 0.0994 e. The van der Waals surface area contributed by atoms with E-state index < -0.39 is 0 Å². The van der Waals surface area contributed by atoms with E-state index in [9.17, 15) is 0 Å². The Bertz CT molecular complexity index is 558. The maximum Gasteiger partial charge on any atom is 0.0994 e. The molecule has 0 atom stereocenters. The van der Waals surface area contributed by atoms with Crippen LogP contribution >= 0.6 is 11.6 Å². The van der Waals surface area contributed by atoms with Crippen molar-refractivity contribution >= 4 is 11.6 Å². The van der Waals surface area contributed by atoms with Crippen LogP contribution < -0.4 is 5.32 Å². The Balaban J connectivity index is 2.52. The lowest BCUT2D eigenvalue weighted by Gasteiger charge is -2.25. The molecule has 1 aromatic carbocycles. The summed E-state index contributed by atoms with van der Waals surface area (Å²) in [6.07, 6.45) is 3.69. The molecule has 96 valence electrons. The van der Waals surface area contributed by atoms with Crippen LogP contribution in [0, 0.1) is 6.92 Å². The number of hydrogen-bond donors (Lipinski definition) is 1. The summed E-state index contributed by atoms with van der Waals surface area (Å²) in [4.78, 5) is 4.24. The molecule has 2 rings (SSSR count). The Morgan fingerprint density at radius 3 is 2.67 bits per heavy atom. The van der Waals surface area contributed by atoms with E-state index in [0.29, 0.717) is 0 Å². The topological polar surface area (TPSA) is 29.9 Å². The quantitative estimate of drug-likeness (QED) is 0.921. The van der Waals surface area contributed by atoms with Crippen molar-refractivity contribution in [3.63, 3.8) is 0 Å². The number of nitrogens with zero attached hydrogens (tertiary/aromatic N) is 2. The highest BCUT2D eigenvalue weighted by molar-refractivity contribution is 6.31. The normalized spacial score (nSPS) is 11.8. The van der Waals surface area contributed by atoms with Crippen molar-refractivity contribution in [1.29, 1.82) is 0 Å². The first-order valence-electron chi connectivity index (χ1n) is 5.94. The standard InChI is InChI=1S/C14H18ClN3/c1-10-5-6-11(7-12(10)15)18-9-17-8-13(18)14(2,3)16-4/h5-9,16H,1-4H3. The fourth-order valence-electron chi connectivity index (χ4n) is 1.82. The van der Waals surface area contributed by atoms with Crippen molar-refractivity contribution in [2.45, 2.75) is 26.3 Å². The third kappa shape index (κ3) is 2.28. The molecule has 0 radical (unpaired) electrons. The number of halogens is 1. The van der Waals surface area contributed by atoms with E-state index in [1.54, 1.807) is 0 Å². The average molecular weight is 264 g/mol. The summed E-state index contributed by atoms with van der Waals surface area (Å²) in [5.74, 6) is 0. The maximum atomic E-state index is 6.18. The van der Waals surface area contributed by atoms with Gasteiger partial charge < -0.3 is 9.88 Å². The van der Waals surface area contributed by atoms with Gasteiger partial charge in [0.2, 0.25) is 0 Å². The van der Waals surface area contributed by atoms with Gasteiger partial charge in [-0.2, -0.15) is 0 Å². The summed E-state index contributed by atoms with van der Waals surface area (Å²) < 4.78 is 2.06. The van der Waals surface area contributed by atoms with Crippen molar-refractivity contribution in [2.24, 2.45) is 0 Å². The van der Waals surface area contributed by atoms with Gasteiger partial charge in [-0.25, -0.2) is 4.98 Å². The molecule has 0 saturated heterocycles. The van der Waals surface area contributed by atoms with Crippen LogP contribution in [0.5, 0.6) is 0 Å². The second-order valence-corrected chi connectivity index (χ2v) is 5.36. The zero-order chi connectivity index (χ0) is 13.3. The fraction of sp³-hybridized carbons (Fsp3) is 0.357. The lowest BCUT2D eigenvalue weighted by molar-refractivity contribution is 0.425. The van der Waals surface area contributed by atoms with Crippen molar-refractivity contribution in [3.8, 4) is 5.69 Å². The Morgan fingerprint density at radius 1 is 1.33 bits per heavy atom. The number of benzene rings is 1. The second-order valence-electron chi connectivity index (χ2n) is 4.96. The summed E-state index contributed by atoms with van der Waals surface area (Å²) >= 11 is 6.18. The van der Waals surface area contributed by atoms with Gasteiger partial charge in [0, 0.05) is 10.7 Å². The molecule has 4 heteroatoms. The Labute approximate surface area is 113 Å². The van der Waals surface area contributed by atoms with E-state index in [0.717, 1.165) is 22.0 Å². The van der Waals surface area contributed by atoms with Crippen LogP contribution in [0.4, 0.5) is 0 Å². The third-order valence-electron chi connectivity index (χ3n) is 3.34. The summed E-state index contributed by atoms with van der Waals surface area (Å²) in [6, 6.07) is 6.04. The Kier molecular flexibility index (Phi) is 3.46. The molecule has 0 aliphatic rings. The molecule has 0 amide bonds. The largest absolute Gasteiger partial charge is 0.310 e. The predicted octanol–water partition coefficient (Wildman–Crippen LogP) is 3.29. The molecule has 3 nitrogen and oxygen atoms in total. The molecule has 0 aliphatic heterocycles. The Hall–Kier alpha value is -1.32. The molecule has 1 heterocycles. The van der Waals surface area contributed by atoms with Crippen molar-refractivity contribution in [1.82, 2.24) is 14.9 Å². The van der Waals surface area contributed by atoms with Gasteiger partial charge in [0.15, 0.2) is 0 Å². The van der Waals surface area contributed by atoms with Crippen molar-refractivity contribution in [3.05, 3.63) is 47.0 Å². The Morgan fingerprint density at radius 2 is 2.06 bits per heavy atom. The zero-order valence-corrected chi connectivity index (χ0v) is 11.9. The number of nitrogens with one attached hydrogen (secondary N) is 1. The number of imidazole rings is 1. The van der Waals surface area contributed by atoms with Crippen molar-refractivity contribution in [2.75, 3.05) is 7.05 Å². The first kappa shape index (κ1) is 13.1. The maximum absolute atomic E-state index is 6.18. The number of rotatable bonds is 3. The highest BCUT2D eigenvalue weighted by Crippen LogP contribution is 2.25. The molecule has 2 aromatic rings. The summed E-state index contributed by atoms with van der Waals surface area (Å²) in [6.45, 7) is 6.24. The molecular formula is C14H18ClN3. The predicted molar refractivity (Wildman–Crippen MR) is 75.4 cm³/mol. The lowest BCUT2D eigenvalue weighted by atomic mass is 10.0. The minimum Gasteiger partial charge on any atom is -0.310 e. The molecule has 0 aliphatic carbocycles. The number of hydrogen-bond acceptors (Lipinski definition) is 2. The highest BCUT2D eigenvalue weighted by Gasteiger charge is 2.22. The number of aryl methyl sites for hydroxylation is 1. The fourth-order valence-corrected chi connectivity index (χ4v) is 2.00. The average Bonchev–Trinajstić information content (AvgIpc) is 2.82. The van der Waals surface area contributed by atoms with Gasteiger partial charge in [-0.15, -0.1) is 0 Å². The van der Waals surface area contributed by atoms with E-state index in [2.05, 4.69) is 34.8 Å². The molecular weight excluding hydrogens is 246 g/mol. The van der Waals surface area contributed by atoms with E-state index >= 15 is 0 Å². The van der Waals surface area contributed by atoms with Crippen LogP contribution in [0.25, 0.3) is 5.69 Å². The molecule has 0 saturated carbocycles. The summed E-state index contributed by atoms with van der Waals surface area (Å²) in [7, 11) is 1.94. The third-order valence-corrected chi connectivity index (χ3v) is 3.74. The molecule has 18 heavy (non-hydrogen) atoms. The molecule has 0 bridgehead atoms. The van der Waals surface area contributed by atoms with Gasteiger partial charge in [-0.1, -0.05) is 17.7 Å². The van der Waals surface area contributed by atoms with Gasteiger partial charge in [0.25, 0.3) is 0 Å². The van der Waals surface area contributed by atoms with Gasteiger partial charge in [-0.05, 0) is 45.5 Å².